The fraction of sp³-hybridized carbons (Fsp3) is 0.667. The van der Waals surface area contributed by atoms with E-state index in [4.69, 9.17) is 0 Å². The summed E-state index contributed by atoms with van der Waals surface area (Å²) in [5, 5.41) is 23.7. The number of aromatic nitrogens is 2. The Hall–Kier alpha value is -0.850. The minimum absolute atomic E-state index is 0.0725. The van der Waals surface area contributed by atoms with Crippen molar-refractivity contribution in [2.45, 2.75) is 39.5 Å². The average Bonchev–Trinajstić information content (AvgIpc) is 2.72. The Morgan fingerprint density at radius 3 is 2.72 bits per heavy atom. The molecule has 0 amide bonds. The Labute approximate surface area is 111 Å². The lowest BCUT2D eigenvalue weighted by Crippen LogP contribution is -2.21. The number of nitrogens with zero attached hydrogens (tertiary/aromatic N) is 2. The molecule has 6 heteroatoms. The Morgan fingerprint density at radius 1 is 1.50 bits per heavy atom. The van der Waals surface area contributed by atoms with Crippen molar-refractivity contribution in [2.75, 3.05) is 5.75 Å². The molecular formula is C12H20N2O3S. The lowest BCUT2D eigenvalue weighted by atomic mass is 10.1. The van der Waals surface area contributed by atoms with E-state index in [-0.39, 0.29) is 10.9 Å². The lowest BCUT2D eigenvalue weighted by Gasteiger charge is -2.15. The molecule has 0 bridgehead atoms. The van der Waals surface area contributed by atoms with Gasteiger partial charge in [0.1, 0.15) is 6.10 Å². The molecule has 0 fully saturated rings. The van der Waals surface area contributed by atoms with Gasteiger partial charge in [-0.1, -0.05) is 25.6 Å². The van der Waals surface area contributed by atoms with Gasteiger partial charge in [-0.2, -0.15) is 5.10 Å². The number of carbonyl (C=O) groups excluding carboxylic acids is 1. The summed E-state index contributed by atoms with van der Waals surface area (Å²) in [5.41, 5.74) is 0.576. The molecule has 1 rings (SSSR count). The molecule has 2 N–H and O–H groups in total. The summed E-state index contributed by atoms with van der Waals surface area (Å²) in [5.74, 6) is 0.652. The summed E-state index contributed by atoms with van der Waals surface area (Å²) < 4.78 is 1.74. The highest BCUT2D eigenvalue weighted by Crippen LogP contribution is 2.19. The zero-order valence-corrected chi connectivity index (χ0v) is 11.7. The third-order valence-electron chi connectivity index (χ3n) is 2.37. The van der Waals surface area contributed by atoms with Crippen molar-refractivity contribution in [1.29, 1.82) is 0 Å². The molecule has 0 aliphatic heterocycles. The number of hydrogen-bond donors (Lipinski definition) is 2. The monoisotopic (exact) mass is 272 g/mol. The number of aliphatic hydroxyl groups excluding tert-OH is 2. The molecule has 0 spiro atoms. The SMILES string of the molecule is CC(=O)SCC(O)C(O)c1cnn(CC(C)C)c1. The molecule has 0 aromatic carbocycles. The molecule has 1 aromatic heterocycles. The summed E-state index contributed by atoms with van der Waals surface area (Å²) in [6, 6.07) is 0. The van der Waals surface area contributed by atoms with Crippen molar-refractivity contribution >= 4 is 16.9 Å². The molecule has 102 valence electrons. The van der Waals surface area contributed by atoms with Crippen LogP contribution in [0.2, 0.25) is 0 Å². The van der Waals surface area contributed by atoms with Crippen LogP contribution in [0.4, 0.5) is 0 Å². The summed E-state index contributed by atoms with van der Waals surface area (Å²) in [6.07, 6.45) is 1.31. The van der Waals surface area contributed by atoms with E-state index in [1.54, 1.807) is 17.1 Å². The fourth-order valence-corrected chi connectivity index (χ4v) is 2.11. The topological polar surface area (TPSA) is 75.3 Å². The number of rotatable bonds is 6. The molecule has 0 aliphatic carbocycles. The van der Waals surface area contributed by atoms with Gasteiger partial charge in [-0.25, -0.2) is 0 Å². The minimum atomic E-state index is -1.00. The molecule has 1 aromatic rings. The molecular weight excluding hydrogens is 252 g/mol. The standard InChI is InChI=1S/C12H20N2O3S/c1-8(2)5-14-6-10(4-13-14)12(17)11(16)7-18-9(3)15/h4,6,8,11-12,16-17H,5,7H2,1-3H3. The lowest BCUT2D eigenvalue weighted by molar-refractivity contribution is -0.109. The maximum Gasteiger partial charge on any atom is 0.185 e. The second-order valence-corrected chi connectivity index (χ2v) is 5.90. The molecule has 0 saturated heterocycles. The van der Waals surface area contributed by atoms with Gasteiger partial charge >= 0.3 is 0 Å². The van der Waals surface area contributed by atoms with E-state index in [2.05, 4.69) is 18.9 Å². The predicted octanol–water partition coefficient (Wildman–Crippen LogP) is 1.21. The highest BCUT2D eigenvalue weighted by atomic mass is 32.2. The number of thioether (sulfide) groups is 1. The first-order valence-corrected chi connectivity index (χ1v) is 6.90. The van der Waals surface area contributed by atoms with E-state index in [9.17, 15) is 15.0 Å². The van der Waals surface area contributed by atoms with Crippen molar-refractivity contribution in [2.24, 2.45) is 5.92 Å². The highest BCUT2D eigenvalue weighted by molar-refractivity contribution is 8.13. The third kappa shape index (κ3) is 4.80. The first kappa shape index (κ1) is 15.2. The van der Waals surface area contributed by atoms with Crippen molar-refractivity contribution in [3.8, 4) is 0 Å². The molecule has 0 radical (unpaired) electrons. The quantitative estimate of drug-likeness (QED) is 0.814. The molecule has 0 aliphatic rings. The smallest absolute Gasteiger partial charge is 0.185 e. The summed E-state index contributed by atoms with van der Waals surface area (Å²) in [7, 11) is 0. The number of carbonyl (C=O) groups is 1. The van der Waals surface area contributed by atoms with Gasteiger partial charge in [0.25, 0.3) is 0 Å². The third-order valence-corrected chi connectivity index (χ3v) is 3.28. The Bertz CT molecular complexity index is 392. The van der Waals surface area contributed by atoms with Crippen molar-refractivity contribution in [3.63, 3.8) is 0 Å². The Kier molecular flexibility index (Phi) is 5.84. The van der Waals surface area contributed by atoms with Crippen LogP contribution >= 0.6 is 11.8 Å². The fourth-order valence-electron chi connectivity index (χ4n) is 1.52. The second kappa shape index (κ2) is 6.92. The van der Waals surface area contributed by atoms with Crippen LogP contribution in [0.5, 0.6) is 0 Å². The number of hydrogen-bond acceptors (Lipinski definition) is 5. The highest BCUT2D eigenvalue weighted by Gasteiger charge is 2.20. The average molecular weight is 272 g/mol. The summed E-state index contributed by atoms with van der Waals surface area (Å²) >= 11 is 1.00. The zero-order chi connectivity index (χ0) is 13.7. The van der Waals surface area contributed by atoms with Crippen LogP contribution in [-0.4, -0.2) is 37.0 Å². The molecule has 2 unspecified atom stereocenters. The molecule has 5 nitrogen and oxygen atoms in total. The maximum absolute atomic E-state index is 10.8. The Morgan fingerprint density at radius 2 is 2.17 bits per heavy atom. The molecule has 18 heavy (non-hydrogen) atoms. The Balaban J connectivity index is 2.57. The molecule has 0 saturated carbocycles. The first-order valence-electron chi connectivity index (χ1n) is 5.92. The molecule has 1 heterocycles. The van der Waals surface area contributed by atoms with E-state index in [1.807, 2.05) is 0 Å². The van der Waals surface area contributed by atoms with Crippen LogP contribution in [0, 0.1) is 5.92 Å². The van der Waals surface area contributed by atoms with E-state index < -0.39 is 12.2 Å². The summed E-state index contributed by atoms with van der Waals surface area (Å²) in [6.45, 7) is 6.36. The van der Waals surface area contributed by atoms with Gasteiger partial charge in [-0.3, -0.25) is 9.48 Å². The maximum atomic E-state index is 10.8. The van der Waals surface area contributed by atoms with Crippen molar-refractivity contribution in [1.82, 2.24) is 9.78 Å². The van der Waals surface area contributed by atoms with Crippen LogP contribution in [0.3, 0.4) is 0 Å². The normalized spacial score (nSPS) is 14.8. The second-order valence-electron chi connectivity index (χ2n) is 4.70. The van der Waals surface area contributed by atoms with Crippen LogP contribution < -0.4 is 0 Å². The van der Waals surface area contributed by atoms with Gasteiger partial charge in [-0.15, -0.1) is 0 Å². The number of aliphatic hydroxyl groups is 2. The van der Waals surface area contributed by atoms with Gasteiger partial charge in [0.15, 0.2) is 5.12 Å². The van der Waals surface area contributed by atoms with Gasteiger partial charge in [0.2, 0.25) is 0 Å². The van der Waals surface area contributed by atoms with Crippen LogP contribution in [0.15, 0.2) is 12.4 Å². The van der Waals surface area contributed by atoms with Crippen LogP contribution in [-0.2, 0) is 11.3 Å². The largest absolute Gasteiger partial charge is 0.389 e. The van der Waals surface area contributed by atoms with E-state index >= 15 is 0 Å². The minimum Gasteiger partial charge on any atom is -0.389 e. The van der Waals surface area contributed by atoms with E-state index in [0.29, 0.717) is 11.5 Å². The first-order chi connectivity index (χ1) is 8.40. The predicted molar refractivity (Wildman–Crippen MR) is 71.2 cm³/mol. The van der Waals surface area contributed by atoms with Gasteiger partial charge in [0, 0.05) is 31.0 Å². The van der Waals surface area contributed by atoms with Gasteiger partial charge in [-0.05, 0) is 5.92 Å². The van der Waals surface area contributed by atoms with Crippen LogP contribution in [0.25, 0.3) is 0 Å². The van der Waals surface area contributed by atoms with E-state index in [1.165, 1.54) is 6.92 Å². The van der Waals surface area contributed by atoms with E-state index in [0.717, 1.165) is 18.3 Å². The van der Waals surface area contributed by atoms with Crippen LogP contribution in [0.1, 0.15) is 32.4 Å². The molecule has 2 atom stereocenters. The van der Waals surface area contributed by atoms with Gasteiger partial charge < -0.3 is 10.2 Å². The van der Waals surface area contributed by atoms with Crippen molar-refractivity contribution < 1.29 is 15.0 Å². The summed E-state index contributed by atoms with van der Waals surface area (Å²) in [4.78, 5) is 10.8. The van der Waals surface area contributed by atoms with Crippen molar-refractivity contribution in [3.05, 3.63) is 18.0 Å². The zero-order valence-electron chi connectivity index (χ0n) is 10.9. The van der Waals surface area contributed by atoms with Gasteiger partial charge in [0.05, 0.1) is 12.3 Å².